The molecule has 0 atom stereocenters. The molecule has 1 saturated heterocycles. The number of nitrogen functional groups attached to an aromatic ring is 1. The Morgan fingerprint density at radius 2 is 1.76 bits per heavy atom. The average Bonchev–Trinajstić information content (AvgIpc) is 2.59. The van der Waals surface area contributed by atoms with Gasteiger partial charge in [0.05, 0.1) is 0 Å². The van der Waals surface area contributed by atoms with Crippen molar-refractivity contribution in [3.05, 3.63) is 29.8 Å². The highest BCUT2D eigenvalue weighted by molar-refractivity contribution is 5.85. The van der Waals surface area contributed by atoms with E-state index in [1.54, 1.807) is 0 Å². The number of nitrogens with two attached hydrogens (primary N) is 1. The Morgan fingerprint density at radius 3 is 2.32 bits per heavy atom. The molecular formula is C19H33Cl2N3O. The largest absolute Gasteiger partial charge is 0.399 e. The predicted molar refractivity (Wildman–Crippen MR) is 111 cm³/mol. The lowest BCUT2D eigenvalue weighted by molar-refractivity contribution is -0.132. The Hall–Kier alpha value is -0.970. The van der Waals surface area contributed by atoms with Gasteiger partial charge in [-0.2, -0.15) is 0 Å². The number of amides is 1. The summed E-state index contributed by atoms with van der Waals surface area (Å²) in [4.78, 5) is 16.9. The molecule has 0 radical (unpaired) electrons. The van der Waals surface area contributed by atoms with Gasteiger partial charge in [0.25, 0.3) is 0 Å². The van der Waals surface area contributed by atoms with Crippen LogP contribution in [0.5, 0.6) is 0 Å². The SMILES string of the molecule is CCN(CC)CC1CCN(C(=O)CCc2ccccc2N)CC1.Cl.Cl. The molecule has 25 heavy (non-hydrogen) atoms. The fraction of sp³-hybridized carbons (Fsp3) is 0.632. The molecule has 1 aliphatic rings. The van der Waals surface area contributed by atoms with Gasteiger partial charge in [0.1, 0.15) is 0 Å². The van der Waals surface area contributed by atoms with E-state index < -0.39 is 0 Å². The molecule has 0 aliphatic carbocycles. The number of hydrogen-bond acceptors (Lipinski definition) is 3. The number of likely N-dealkylation sites (tertiary alicyclic amines) is 1. The van der Waals surface area contributed by atoms with Crippen molar-refractivity contribution in [3.63, 3.8) is 0 Å². The minimum absolute atomic E-state index is 0. The third-order valence-electron chi connectivity index (χ3n) is 5.04. The number of carbonyl (C=O) groups excluding carboxylic acids is 1. The molecule has 1 aromatic carbocycles. The molecule has 0 unspecified atom stereocenters. The van der Waals surface area contributed by atoms with Crippen molar-refractivity contribution >= 4 is 36.4 Å². The van der Waals surface area contributed by atoms with E-state index in [1.807, 2.05) is 29.2 Å². The van der Waals surface area contributed by atoms with Gasteiger partial charge >= 0.3 is 0 Å². The maximum Gasteiger partial charge on any atom is 0.222 e. The van der Waals surface area contributed by atoms with Crippen LogP contribution in [0.3, 0.4) is 0 Å². The maximum atomic E-state index is 12.4. The average molecular weight is 390 g/mol. The topological polar surface area (TPSA) is 49.6 Å². The number of anilines is 1. The first-order chi connectivity index (χ1) is 11.1. The number of hydrogen-bond donors (Lipinski definition) is 1. The van der Waals surface area contributed by atoms with E-state index in [2.05, 4.69) is 18.7 Å². The van der Waals surface area contributed by atoms with Crippen LogP contribution in [0.1, 0.15) is 38.7 Å². The third-order valence-corrected chi connectivity index (χ3v) is 5.04. The van der Waals surface area contributed by atoms with E-state index in [0.29, 0.717) is 6.42 Å². The highest BCUT2D eigenvalue weighted by Gasteiger charge is 2.23. The van der Waals surface area contributed by atoms with Crippen LogP contribution in [0, 0.1) is 5.92 Å². The van der Waals surface area contributed by atoms with Crippen LogP contribution < -0.4 is 5.73 Å². The van der Waals surface area contributed by atoms with Gasteiger partial charge in [0.15, 0.2) is 0 Å². The van der Waals surface area contributed by atoms with Gasteiger partial charge in [0, 0.05) is 31.7 Å². The number of halogens is 2. The molecule has 0 aromatic heterocycles. The van der Waals surface area contributed by atoms with Gasteiger partial charge in [-0.15, -0.1) is 24.8 Å². The second-order valence-corrected chi connectivity index (χ2v) is 6.51. The van der Waals surface area contributed by atoms with Crippen molar-refractivity contribution in [2.24, 2.45) is 5.92 Å². The predicted octanol–water partition coefficient (Wildman–Crippen LogP) is 3.63. The number of nitrogens with zero attached hydrogens (tertiary/aromatic N) is 2. The number of para-hydroxylation sites is 1. The molecule has 4 nitrogen and oxygen atoms in total. The smallest absolute Gasteiger partial charge is 0.222 e. The van der Waals surface area contributed by atoms with Crippen LogP contribution in [0.25, 0.3) is 0 Å². The third kappa shape index (κ3) is 7.43. The zero-order valence-corrected chi connectivity index (χ0v) is 17.1. The minimum atomic E-state index is 0. The number of piperidine rings is 1. The molecule has 2 N–H and O–H groups in total. The standard InChI is InChI=1S/C19H31N3O.2ClH/c1-3-21(4-2)15-16-11-13-22(14-12-16)19(23)10-9-17-7-5-6-8-18(17)20;;/h5-8,16H,3-4,9-15,20H2,1-2H3;2*1H. The van der Waals surface area contributed by atoms with E-state index in [9.17, 15) is 4.79 Å². The summed E-state index contributed by atoms with van der Waals surface area (Å²) >= 11 is 0. The van der Waals surface area contributed by atoms with E-state index >= 15 is 0 Å². The fourth-order valence-electron chi connectivity index (χ4n) is 3.37. The fourth-order valence-corrected chi connectivity index (χ4v) is 3.37. The maximum absolute atomic E-state index is 12.4. The van der Waals surface area contributed by atoms with Gasteiger partial charge in [-0.3, -0.25) is 4.79 Å². The lowest BCUT2D eigenvalue weighted by Gasteiger charge is -2.34. The summed E-state index contributed by atoms with van der Waals surface area (Å²) in [5, 5.41) is 0. The van der Waals surface area contributed by atoms with Crippen molar-refractivity contribution in [1.29, 1.82) is 0 Å². The molecule has 0 saturated carbocycles. The Labute approximate surface area is 164 Å². The van der Waals surface area contributed by atoms with Gasteiger partial charge in [-0.25, -0.2) is 0 Å². The van der Waals surface area contributed by atoms with Gasteiger partial charge in [-0.1, -0.05) is 32.0 Å². The highest BCUT2D eigenvalue weighted by atomic mass is 35.5. The molecule has 0 spiro atoms. The lowest BCUT2D eigenvalue weighted by atomic mass is 9.95. The molecule has 1 amide bonds. The van der Waals surface area contributed by atoms with Crippen LogP contribution in [0.15, 0.2) is 24.3 Å². The molecule has 6 heteroatoms. The van der Waals surface area contributed by atoms with Crippen LogP contribution >= 0.6 is 24.8 Å². The Kier molecular flexibility index (Phi) is 11.9. The quantitative estimate of drug-likeness (QED) is 0.724. The molecule has 1 heterocycles. The molecule has 2 rings (SSSR count). The van der Waals surface area contributed by atoms with Crippen molar-refractivity contribution in [1.82, 2.24) is 9.80 Å². The summed E-state index contributed by atoms with van der Waals surface area (Å²) in [5.41, 5.74) is 7.82. The summed E-state index contributed by atoms with van der Waals surface area (Å²) in [7, 11) is 0. The van der Waals surface area contributed by atoms with Gasteiger partial charge in [-0.05, 0) is 49.9 Å². The normalized spacial score (nSPS) is 14.8. The summed E-state index contributed by atoms with van der Waals surface area (Å²) in [5.74, 6) is 1.01. The summed E-state index contributed by atoms with van der Waals surface area (Å²) in [6, 6.07) is 7.83. The minimum Gasteiger partial charge on any atom is -0.399 e. The number of benzene rings is 1. The van der Waals surface area contributed by atoms with Crippen LogP contribution in [0.2, 0.25) is 0 Å². The summed E-state index contributed by atoms with van der Waals surface area (Å²) in [6.07, 6.45) is 3.57. The zero-order chi connectivity index (χ0) is 16.7. The highest BCUT2D eigenvalue weighted by Crippen LogP contribution is 2.20. The number of carbonyl (C=O) groups is 1. The van der Waals surface area contributed by atoms with E-state index in [-0.39, 0.29) is 30.7 Å². The van der Waals surface area contributed by atoms with Crippen molar-refractivity contribution < 1.29 is 4.79 Å². The zero-order valence-electron chi connectivity index (χ0n) is 15.4. The molecule has 1 aliphatic heterocycles. The van der Waals surface area contributed by atoms with Crippen LogP contribution in [0.4, 0.5) is 5.69 Å². The Bertz CT molecular complexity index is 501. The first-order valence-electron chi connectivity index (χ1n) is 8.97. The van der Waals surface area contributed by atoms with Crippen molar-refractivity contribution in [3.8, 4) is 0 Å². The number of rotatable bonds is 7. The second-order valence-electron chi connectivity index (χ2n) is 6.51. The Morgan fingerprint density at radius 1 is 1.16 bits per heavy atom. The second kappa shape index (κ2) is 12.4. The Balaban J connectivity index is 0.00000288. The van der Waals surface area contributed by atoms with Crippen molar-refractivity contribution in [2.45, 2.75) is 39.5 Å². The first-order valence-corrected chi connectivity index (χ1v) is 8.97. The first kappa shape index (κ1) is 24.0. The van der Waals surface area contributed by atoms with Gasteiger partial charge in [0.2, 0.25) is 5.91 Å². The van der Waals surface area contributed by atoms with Crippen molar-refractivity contribution in [2.75, 3.05) is 38.5 Å². The molecule has 1 aromatic rings. The molecule has 1 fully saturated rings. The lowest BCUT2D eigenvalue weighted by Crippen LogP contribution is -2.41. The summed E-state index contributed by atoms with van der Waals surface area (Å²) in [6.45, 7) is 9.68. The monoisotopic (exact) mass is 389 g/mol. The summed E-state index contributed by atoms with van der Waals surface area (Å²) < 4.78 is 0. The van der Waals surface area contributed by atoms with E-state index in [1.165, 1.54) is 6.54 Å². The van der Waals surface area contributed by atoms with Crippen LogP contribution in [-0.2, 0) is 11.2 Å². The number of aryl methyl sites for hydroxylation is 1. The molecule has 0 bridgehead atoms. The van der Waals surface area contributed by atoms with Crippen LogP contribution in [-0.4, -0.2) is 48.4 Å². The van der Waals surface area contributed by atoms with Gasteiger partial charge < -0.3 is 15.5 Å². The van der Waals surface area contributed by atoms with E-state index in [0.717, 1.165) is 62.6 Å². The van der Waals surface area contributed by atoms with E-state index in [4.69, 9.17) is 5.73 Å². The molecule has 144 valence electrons. The molecular weight excluding hydrogens is 357 g/mol.